The molecule has 2 rings (SSSR count). The second-order valence-corrected chi connectivity index (χ2v) is 5.51. The van der Waals surface area contributed by atoms with Crippen LogP contribution in [0.1, 0.15) is 12.0 Å². The molecule has 21 heavy (non-hydrogen) atoms. The number of pyridine rings is 1. The lowest BCUT2D eigenvalue weighted by Crippen LogP contribution is -2.35. The van der Waals surface area contributed by atoms with E-state index in [1.165, 1.54) is 0 Å². The van der Waals surface area contributed by atoms with Crippen LogP contribution in [0.5, 0.6) is 5.88 Å². The van der Waals surface area contributed by atoms with Gasteiger partial charge >= 0.3 is 0 Å². The highest BCUT2D eigenvalue weighted by Gasteiger charge is 2.17. The molecule has 0 unspecified atom stereocenters. The molecule has 1 atom stereocenters. The summed E-state index contributed by atoms with van der Waals surface area (Å²) in [6, 6.07) is 3.91. The minimum atomic E-state index is 0.121. The summed E-state index contributed by atoms with van der Waals surface area (Å²) in [5.41, 5.74) is 1.08. The third-order valence-corrected chi connectivity index (χ3v) is 3.18. The quantitative estimate of drug-likeness (QED) is 0.617. The van der Waals surface area contributed by atoms with Crippen LogP contribution in [0, 0.1) is 0 Å². The lowest BCUT2D eigenvalue weighted by Gasteiger charge is -2.22. The zero-order valence-corrected chi connectivity index (χ0v) is 13.2. The summed E-state index contributed by atoms with van der Waals surface area (Å²) in [5.74, 6) is 1.58. The molecule has 0 radical (unpaired) electrons. The molecular weight excluding hydrogens is 268 g/mol. The van der Waals surface area contributed by atoms with Gasteiger partial charge in [0.15, 0.2) is 5.96 Å². The van der Waals surface area contributed by atoms with Gasteiger partial charge in [0, 0.05) is 46.9 Å². The number of aromatic nitrogens is 1. The van der Waals surface area contributed by atoms with Crippen molar-refractivity contribution in [3.8, 4) is 5.88 Å². The Morgan fingerprint density at radius 1 is 1.38 bits per heavy atom. The molecule has 6 heteroatoms. The standard InChI is InChI=1S/C15H24N4O2/c1-18(2)15(19(3)4)17-10-12-5-7-16-14(9-12)21-13-6-8-20-11-13/h5,7,9,13H,6,8,10-11H2,1-4H3/t13-/m1/s1. The van der Waals surface area contributed by atoms with Crippen molar-refractivity contribution >= 4 is 5.96 Å². The van der Waals surface area contributed by atoms with Crippen LogP contribution < -0.4 is 4.74 Å². The summed E-state index contributed by atoms with van der Waals surface area (Å²) >= 11 is 0. The summed E-state index contributed by atoms with van der Waals surface area (Å²) in [5, 5.41) is 0. The highest BCUT2D eigenvalue weighted by Crippen LogP contribution is 2.16. The minimum absolute atomic E-state index is 0.121. The lowest BCUT2D eigenvalue weighted by atomic mass is 10.2. The Hall–Kier alpha value is -1.82. The minimum Gasteiger partial charge on any atom is -0.472 e. The van der Waals surface area contributed by atoms with E-state index in [-0.39, 0.29) is 6.10 Å². The summed E-state index contributed by atoms with van der Waals surface area (Å²) in [7, 11) is 7.94. The van der Waals surface area contributed by atoms with Gasteiger partial charge in [-0.25, -0.2) is 9.98 Å². The van der Waals surface area contributed by atoms with Crippen molar-refractivity contribution in [1.82, 2.24) is 14.8 Å². The molecule has 0 saturated carbocycles. The topological polar surface area (TPSA) is 50.2 Å². The average molecular weight is 292 g/mol. The van der Waals surface area contributed by atoms with E-state index in [0.29, 0.717) is 19.0 Å². The van der Waals surface area contributed by atoms with E-state index in [9.17, 15) is 0 Å². The second kappa shape index (κ2) is 7.26. The molecule has 0 aromatic carbocycles. The first-order valence-corrected chi connectivity index (χ1v) is 7.14. The van der Waals surface area contributed by atoms with Crippen molar-refractivity contribution in [1.29, 1.82) is 0 Å². The van der Waals surface area contributed by atoms with Crippen LogP contribution in [-0.4, -0.2) is 68.3 Å². The number of hydrogen-bond donors (Lipinski definition) is 0. The predicted octanol–water partition coefficient (Wildman–Crippen LogP) is 1.23. The van der Waals surface area contributed by atoms with Crippen molar-refractivity contribution in [2.24, 2.45) is 4.99 Å². The van der Waals surface area contributed by atoms with Crippen LogP contribution in [-0.2, 0) is 11.3 Å². The maximum atomic E-state index is 5.81. The normalized spacial score (nSPS) is 17.4. The molecule has 1 aromatic heterocycles. The third-order valence-electron chi connectivity index (χ3n) is 3.18. The van der Waals surface area contributed by atoms with Crippen LogP contribution in [0.15, 0.2) is 23.3 Å². The Balaban J connectivity index is 2.01. The van der Waals surface area contributed by atoms with Gasteiger partial charge in [-0.1, -0.05) is 0 Å². The van der Waals surface area contributed by atoms with Gasteiger partial charge in [-0.05, 0) is 11.6 Å². The molecule has 0 N–H and O–H groups in total. The van der Waals surface area contributed by atoms with Crippen LogP contribution >= 0.6 is 0 Å². The highest BCUT2D eigenvalue weighted by atomic mass is 16.5. The fraction of sp³-hybridized carbons (Fsp3) is 0.600. The van der Waals surface area contributed by atoms with Gasteiger partial charge in [0.2, 0.25) is 5.88 Å². The summed E-state index contributed by atoms with van der Waals surface area (Å²) in [6.07, 6.45) is 2.81. The van der Waals surface area contributed by atoms with Crippen LogP contribution in [0.3, 0.4) is 0 Å². The van der Waals surface area contributed by atoms with Gasteiger partial charge in [-0.3, -0.25) is 0 Å². The Kier molecular flexibility index (Phi) is 5.38. The van der Waals surface area contributed by atoms with E-state index < -0.39 is 0 Å². The van der Waals surface area contributed by atoms with Gasteiger partial charge in [0.25, 0.3) is 0 Å². The zero-order chi connectivity index (χ0) is 15.2. The molecule has 116 valence electrons. The van der Waals surface area contributed by atoms with E-state index in [2.05, 4.69) is 9.98 Å². The van der Waals surface area contributed by atoms with Crippen LogP contribution in [0.25, 0.3) is 0 Å². The maximum absolute atomic E-state index is 5.81. The molecule has 2 heterocycles. The summed E-state index contributed by atoms with van der Waals surface area (Å²) in [6.45, 7) is 2.02. The van der Waals surface area contributed by atoms with E-state index in [0.717, 1.165) is 24.6 Å². The number of rotatable bonds is 4. The number of ether oxygens (including phenoxy) is 2. The van der Waals surface area contributed by atoms with E-state index >= 15 is 0 Å². The molecule has 1 aliphatic heterocycles. The van der Waals surface area contributed by atoms with E-state index in [1.54, 1.807) is 6.20 Å². The molecule has 0 aliphatic carbocycles. The first-order chi connectivity index (χ1) is 10.1. The fourth-order valence-corrected chi connectivity index (χ4v) is 2.23. The Morgan fingerprint density at radius 2 is 2.14 bits per heavy atom. The van der Waals surface area contributed by atoms with Crippen molar-refractivity contribution in [2.45, 2.75) is 19.1 Å². The van der Waals surface area contributed by atoms with Gasteiger partial charge < -0.3 is 19.3 Å². The van der Waals surface area contributed by atoms with Crippen molar-refractivity contribution < 1.29 is 9.47 Å². The first kappa shape index (κ1) is 15.6. The number of hydrogen-bond acceptors (Lipinski definition) is 4. The summed E-state index contributed by atoms with van der Waals surface area (Å²) < 4.78 is 11.1. The van der Waals surface area contributed by atoms with E-state index in [4.69, 9.17) is 9.47 Å². The predicted molar refractivity (Wildman–Crippen MR) is 82.6 cm³/mol. The first-order valence-electron chi connectivity index (χ1n) is 7.14. The van der Waals surface area contributed by atoms with Gasteiger partial charge in [-0.2, -0.15) is 0 Å². The number of nitrogens with zero attached hydrogens (tertiary/aromatic N) is 4. The Labute approximate surface area is 126 Å². The van der Waals surface area contributed by atoms with Crippen LogP contribution in [0.4, 0.5) is 0 Å². The maximum Gasteiger partial charge on any atom is 0.213 e. The Bertz CT molecular complexity index is 472. The molecule has 0 spiro atoms. The molecule has 0 bridgehead atoms. The fourth-order valence-electron chi connectivity index (χ4n) is 2.23. The lowest BCUT2D eigenvalue weighted by molar-refractivity contribution is 0.138. The Morgan fingerprint density at radius 3 is 2.76 bits per heavy atom. The molecule has 6 nitrogen and oxygen atoms in total. The van der Waals surface area contributed by atoms with Crippen molar-refractivity contribution in [3.05, 3.63) is 23.9 Å². The largest absolute Gasteiger partial charge is 0.472 e. The molecule has 1 aliphatic rings. The number of guanidine groups is 1. The van der Waals surface area contributed by atoms with Gasteiger partial charge in [0.1, 0.15) is 6.10 Å². The van der Waals surface area contributed by atoms with E-state index in [1.807, 2.05) is 50.1 Å². The molecule has 1 saturated heterocycles. The average Bonchev–Trinajstić information content (AvgIpc) is 2.91. The summed E-state index contributed by atoms with van der Waals surface area (Å²) in [4.78, 5) is 12.9. The van der Waals surface area contributed by atoms with Gasteiger partial charge in [-0.15, -0.1) is 0 Å². The van der Waals surface area contributed by atoms with Gasteiger partial charge in [0.05, 0.1) is 19.8 Å². The molecule has 1 fully saturated rings. The second-order valence-electron chi connectivity index (χ2n) is 5.51. The van der Waals surface area contributed by atoms with Crippen LogP contribution in [0.2, 0.25) is 0 Å². The molecular formula is C15H24N4O2. The molecule has 0 amide bonds. The SMILES string of the molecule is CN(C)C(=NCc1ccnc(O[C@@H]2CCOC2)c1)N(C)C. The smallest absolute Gasteiger partial charge is 0.213 e. The zero-order valence-electron chi connectivity index (χ0n) is 13.2. The molecule has 1 aromatic rings. The van der Waals surface area contributed by atoms with Crippen molar-refractivity contribution in [3.63, 3.8) is 0 Å². The monoisotopic (exact) mass is 292 g/mol. The number of aliphatic imine (C=N–C) groups is 1. The highest BCUT2D eigenvalue weighted by molar-refractivity contribution is 5.79. The third kappa shape index (κ3) is 4.60. The van der Waals surface area contributed by atoms with Crippen molar-refractivity contribution in [2.75, 3.05) is 41.4 Å².